The van der Waals surface area contributed by atoms with Gasteiger partial charge in [-0.3, -0.25) is 24.2 Å². The first-order chi connectivity index (χ1) is 14.1. The van der Waals surface area contributed by atoms with E-state index < -0.39 is 0 Å². The van der Waals surface area contributed by atoms with Crippen LogP contribution in [0.4, 0.5) is 5.69 Å². The highest BCUT2D eigenvalue weighted by molar-refractivity contribution is 7.99. The fraction of sp³-hybridized carbons (Fsp3) is 0.500. The van der Waals surface area contributed by atoms with E-state index in [1.807, 2.05) is 30.0 Å². The quantitative estimate of drug-likeness (QED) is 0.593. The van der Waals surface area contributed by atoms with Crippen molar-refractivity contribution in [1.82, 2.24) is 9.80 Å². The maximum Gasteiger partial charge on any atom is 0.244 e. The molecule has 4 aliphatic rings. The second-order valence-corrected chi connectivity index (χ2v) is 9.62. The molecule has 1 saturated carbocycles. The van der Waals surface area contributed by atoms with Crippen LogP contribution in [-0.4, -0.2) is 58.7 Å². The van der Waals surface area contributed by atoms with E-state index in [1.54, 1.807) is 0 Å². The summed E-state index contributed by atoms with van der Waals surface area (Å²) in [4.78, 5) is 41.6. The third kappa shape index (κ3) is 3.51. The molecule has 2 bridgehead atoms. The number of amides is 3. The molecule has 0 aromatic heterocycles. The van der Waals surface area contributed by atoms with Crippen molar-refractivity contribution in [3.8, 4) is 0 Å². The Morgan fingerprint density at radius 1 is 1.07 bits per heavy atom. The maximum atomic E-state index is 12.7. The monoisotopic (exact) mass is 411 g/mol. The van der Waals surface area contributed by atoms with Crippen LogP contribution in [-0.2, 0) is 20.9 Å². The third-order valence-electron chi connectivity index (χ3n) is 6.58. The van der Waals surface area contributed by atoms with Gasteiger partial charge in [0, 0.05) is 36.8 Å². The Hall–Kier alpha value is -2.12. The summed E-state index contributed by atoms with van der Waals surface area (Å²) in [5, 5.41) is 2.87. The zero-order valence-corrected chi connectivity index (χ0v) is 17.1. The molecule has 2 aliphatic heterocycles. The van der Waals surface area contributed by atoms with E-state index in [4.69, 9.17) is 0 Å². The van der Waals surface area contributed by atoms with E-state index in [9.17, 15) is 14.4 Å². The average Bonchev–Trinajstić information content (AvgIpc) is 3.39. The number of hydrogen-bond donors (Lipinski definition) is 1. The van der Waals surface area contributed by atoms with Crippen LogP contribution in [0.2, 0.25) is 0 Å². The number of fused-ring (bicyclic) bond motifs is 5. The van der Waals surface area contributed by atoms with Crippen LogP contribution in [0, 0.1) is 23.7 Å². The van der Waals surface area contributed by atoms with E-state index in [2.05, 4.69) is 28.4 Å². The molecule has 1 aromatic carbocycles. The molecule has 2 heterocycles. The van der Waals surface area contributed by atoms with E-state index in [-0.39, 0.29) is 47.9 Å². The van der Waals surface area contributed by atoms with E-state index in [1.165, 1.54) is 4.90 Å². The lowest BCUT2D eigenvalue weighted by molar-refractivity contribution is -0.143. The van der Waals surface area contributed by atoms with Gasteiger partial charge in [-0.15, -0.1) is 0 Å². The summed E-state index contributed by atoms with van der Waals surface area (Å²) in [6.45, 7) is 2.84. The van der Waals surface area contributed by atoms with Crippen molar-refractivity contribution in [2.75, 3.05) is 36.5 Å². The number of carbonyl (C=O) groups excluding carboxylic acids is 3. The summed E-state index contributed by atoms with van der Waals surface area (Å²) in [6, 6.07) is 7.82. The van der Waals surface area contributed by atoms with Crippen molar-refractivity contribution >= 4 is 35.2 Å². The molecule has 5 rings (SSSR count). The van der Waals surface area contributed by atoms with E-state index in [0.717, 1.165) is 43.1 Å². The van der Waals surface area contributed by atoms with Gasteiger partial charge in [-0.05, 0) is 36.0 Å². The van der Waals surface area contributed by atoms with Crippen molar-refractivity contribution in [3.05, 3.63) is 42.0 Å². The first-order valence-electron chi connectivity index (χ1n) is 10.3. The van der Waals surface area contributed by atoms with Crippen molar-refractivity contribution < 1.29 is 14.4 Å². The van der Waals surface area contributed by atoms with Crippen LogP contribution in [0.1, 0.15) is 12.0 Å². The molecule has 29 heavy (non-hydrogen) atoms. The van der Waals surface area contributed by atoms with Gasteiger partial charge in [0.25, 0.3) is 0 Å². The summed E-state index contributed by atoms with van der Waals surface area (Å²) < 4.78 is 0. The van der Waals surface area contributed by atoms with Crippen molar-refractivity contribution in [3.63, 3.8) is 0 Å². The molecule has 4 atom stereocenters. The number of rotatable bonds is 5. The SMILES string of the molecule is O=C(CN1C(=O)C2C3C=CC(C3)C2C1=O)Nc1cccc(CN2CCSCC2)c1. The number of carbonyl (C=O) groups is 3. The first-order valence-corrected chi connectivity index (χ1v) is 11.5. The highest BCUT2D eigenvalue weighted by Gasteiger charge is 2.59. The van der Waals surface area contributed by atoms with Gasteiger partial charge >= 0.3 is 0 Å². The van der Waals surface area contributed by atoms with Crippen LogP contribution in [0.3, 0.4) is 0 Å². The Morgan fingerprint density at radius 2 is 1.76 bits per heavy atom. The molecule has 3 amide bonds. The number of thioether (sulfide) groups is 1. The number of anilines is 1. The zero-order chi connectivity index (χ0) is 20.0. The minimum atomic E-state index is -0.321. The molecule has 0 spiro atoms. The molecule has 152 valence electrons. The van der Waals surface area contributed by atoms with E-state index in [0.29, 0.717) is 5.69 Å². The Bertz CT molecular complexity index is 850. The summed E-state index contributed by atoms with van der Waals surface area (Å²) in [6.07, 6.45) is 5.02. The largest absolute Gasteiger partial charge is 0.325 e. The van der Waals surface area contributed by atoms with Gasteiger partial charge in [0.1, 0.15) is 6.54 Å². The Kier molecular flexibility index (Phi) is 4.95. The lowest BCUT2D eigenvalue weighted by atomic mass is 9.85. The zero-order valence-electron chi connectivity index (χ0n) is 16.3. The molecule has 3 fully saturated rings. The molecule has 1 N–H and O–H groups in total. The highest BCUT2D eigenvalue weighted by Crippen LogP contribution is 2.52. The van der Waals surface area contributed by atoms with Crippen molar-refractivity contribution in [2.24, 2.45) is 23.7 Å². The minimum absolute atomic E-state index is 0.166. The molecule has 4 unspecified atom stereocenters. The molecule has 2 saturated heterocycles. The lowest BCUT2D eigenvalue weighted by Crippen LogP contribution is -2.39. The Morgan fingerprint density at radius 3 is 2.45 bits per heavy atom. The van der Waals surface area contributed by atoms with Crippen molar-refractivity contribution in [2.45, 2.75) is 13.0 Å². The van der Waals surface area contributed by atoms with Gasteiger partial charge in [-0.2, -0.15) is 11.8 Å². The second-order valence-electron chi connectivity index (χ2n) is 8.40. The fourth-order valence-electron chi connectivity index (χ4n) is 5.23. The van der Waals surface area contributed by atoms with Gasteiger partial charge in [-0.1, -0.05) is 24.3 Å². The van der Waals surface area contributed by atoms with Crippen LogP contribution < -0.4 is 5.32 Å². The van der Waals surface area contributed by atoms with Crippen LogP contribution >= 0.6 is 11.8 Å². The number of hydrogen-bond acceptors (Lipinski definition) is 5. The van der Waals surface area contributed by atoms with Crippen LogP contribution in [0.15, 0.2) is 36.4 Å². The molecule has 6 nitrogen and oxygen atoms in total. The Balaban J connectivity index is 1.21. The normalized spacial score (nSPS) is 30.8. The van der Waals surface area contributed by atoms with Gasteiger partial charge in [0.15, 0.2) is 0 Å². The third-order valence-corrected chi connectivity index (χ3v) is 7.53. The summed E-state index contributed by atoms with van der Waals surface area (Å²) >= 11 is 1.98. The van der Waals surface area contributed by atoms with Crippen LogP contribution in [0.25, 0.3) is 0 Å². The van der Waals surface area contributed by atoms with Gasteiger partial charge in [0.05, 0.1) is 11.8 Å². The standard InChI is InChI=1S/C22H25N3O3S/c26-18(13-25-21(27)19-15-4-5-16(11-15)20(19)22(25)28)23-17-3-1-2-14(10-17)12-24-6-8-29-9-7-24/h1-5,10,15-16,19-20H,6-9,11-13H2,(H,23,26). The summed E-state index contributed by atoms with van der Waals surface area (Å²) in [5.41, 5.74) is 1.86. The number of nitrogens with zero attached hydrogens (tertiary/aromatic N) is 2. The fourth-order valence-corrected chi connectivity index (χ4v) is 6.21. The van der Waals surface area contributed by atoms with Crippen molar-refractivity contribution in [1.29, 1.82) is 0 Å². The van der Waals surface area contributed by atoms with Gasteiger partial charge < -0.3 is 5.32 Å². The minimum Gasteiger partial charge on any atom is -0.325 e. The van der Waals surface area contributed by atoms with E-state index >= 15 is 0 Å². The maximum absolute atomic E-state index is 12.7. The van der Waals surface area contributed by atoms with Gasteiger partial charge in [0.2, 0.25) is 17.7 Å². The number of benzene rings is 1. The predicted octanol–water partition coefficient (Wildman–Crippen LogP) is 1.98. The summed E-state index contributed by atoms with van der Waals surface area (Å²) in [5.74, 6) is 1.47. The molecular formula is C22H25N3O3S. The molecule has 2 aliphatic carbocycles. The van der Waals surface area contributed by atoms with Crippen LogP contribution in [0.5, 0.6) is 0 Å². The predicted molar refractivity (Wildman–Crippen MR) is 112 cm³/mol. The summed E-state index contributed by atoms with van der Waals surface area (Å²) in [7, 11) is 0. The molecule has 0 radical (unpaired) electrons. The molecular weight excluding hydrogens is 386 g/mol. The molecule has 7 heteroatoms. The van der Waals surface area contributed by atoms with Gasteiger partial charge in [-0.25, -0.2) is 0 Å². The Labute approximate surface area is 174 Å². The smallest absolute Gasteiger partial charge is 0.244 e. The topological polar surface area (TPSA) is 69.7 Å². The number of likely N-dealkylation sites (tertiary alicyclic amines) is 1. The highest BCUT2D eigenvalue weighted by atomic mass is 32.2. The number of imide groups is 1. The lowest BCUT2D eigenvalue weighted by Gasteiger charge is -2.26. The number of nitrogens with one attached hydrogen (secondary N) is 1. The first kappa shape index (κ1) is 18.9. The average molecular weight is 412 g/mol. The molecule has 1 aromatic rings. The number of allylic oxidation sites excluding steroid dienone is 2. The second kappa shape index (κ2) is 7.61.